The maximum Gasteiger partial charge on any atom is 0.494 e. The first-order valence-corrected chi connectivity index (χ1v) is 16.7. The van der Waals surface area contributed by atoms with Crippen LogP contribution in [0.25, 0.3) is 5.57 Å². The number of rotatable bonds is 3. The van der Waals surface area contributed by atoms with E-state index in [9.17, 15) is 9.90 Å². The number of benzene rings is 2. The van der Waals surface area contributed by atoms with Gasteiger partial charge in [0.2, 0.25) is 0 Å². The zero-order chi connectivity index (χ0) is 35.0. The highest BCUT2D eigenvalue weighted by Gasteiger charge is 2.51. The van der Waals surface area contributed by atoms with Gasteiger partial charge < -0.3 is 14.4 Å². The Balaban J connectivity index is 2.09. The summed E-state index contributed by atoms with van der Waals surface area (Å²) < 4.78 is 12.7. The molecule has 1 aliphatic carbocycles. The fourth-order valence-electron chi connectivity index (χ4n) is 6.10. The Hall–Kier alpha value is -2.89. The molecule has 2 aromatic carbocycles. The predicted molar refractivity (Wildman–Crippen MR) is 194 cm³/mol. The van der Waals surface area contributed by atoms with Crippen molar-refractivity contribution < 1.29 is 19.2 Å². The molecule has 0 unspecified atom stereocenters. The van der Waals surface area contributed by atoms with Gasteiger partial charge >= 0.3 is 7.12 Å². The number of allylic oxidation sites excluding steroid dienone is 5. The molecule has 2 aromatic rings. The van der Waals surface area contributed by atoms with Crippen molar-refractivity contribution in [1.82, 2.24) is 0 Å². The molecule has 1 N–H and O–H groups in total. The van der Waals surface area contributed by atoms with E-state index >= 15 is 0 Å². The van der Waals surface area contributed by atoms with Gasteiger partial charge in [-0.25, -0.2) is 0 Å². The Labute approximate surface area is 279 Å². The van der Waals surface area contributed by atoms with Crippen LogP contribution in [-0.2, 0) is 24.9 Å². The zero-order valence-electron chi connectivity index (χ0n) is 31.4. The summed E-state index contributed by atoms with van der Waals surface area (Å²) in [7, 11) is -0.462. The van der Waals surface area contributed by atoms with Crippen molar-refractivity contribution in [3.05, 3.63) is 87.5 Å². The lowest BCUT2D eigenvalue weighted by atomic mass is 9.70. The van der Waals surface area contributed by atoms with E-state index in [1.54, 1.807) is 0 Å². The van der Waals surface area contributed by atoms with Crippen molar-refractivity contribution in [2.45, 2.75) is 133 Å². The number of ketones is 1. The van der Waals surface area contributed by atoms with E-state index in [0.717, 1.165) is 50.0 Å². The van der Waals surface area contributed by atoms with Crippen LogP contribution < -0.4 is 5.46 Å². The molecule has 0 bridgehead atoms. The molecule has 2 aliphatic rings. The van der Waals surface area contributed by atoms with Crippen LogP contribution in [0.2, 0.25) is 0 Å². The summed E-state index contributed by atoms with van der Waals surface area (Å²) in [5.41, 5.74) is 6.24. The quantitative estimate of drug-likeness (QED) is 0.346. The number of Topliss-reactive ketones (excluding diaryl/α,β-unsaturated/α-hetero) is 1. The fraction of sp³-hybridized carbons (Fsp3) is 0.537. The standard InChI is InChI=1S/C41H57BO4/c1-36(2,3)29-21-26(22-30(34(29)43)37(4,5)6)33(27-23-31(38(7,8)9)35(44)32(24-27)39(10,11)12)25-17-19-28(20-18-25)42-45-40(13,14)41(15,16)46-42/h17-24,43H,1-16H3. The molecule has 1 fully saturated rings. The number of phenols is 1. The summed E-state index contributed by atoms with van der Waals surface area (Å²) in [6.07, 6.45) is 4.19. The second-order valence-electron chi connectivity index (χ2n) is 18.4. The first-order valence-electron chi connectivity index (χ1n) is 16.7. The SMILES string of the molecule is CC(C)(C)C1=CC(=C(c2ccc(B3OC(C)(C)C(C)(C)O3)cc2)c2cc(C(C)(C)C)c(O)c(C(C)(C)C)c2)C=C(C(C)(C)C)C1=O. The Morgan fingerprint density at radius 1 is 0.630 bits per heavy atom. The van der Waals surface area contributed by atoms with Gasteiger partial charge in [-0.3, -0.25) is 4.79 Å². The van der Waals surface area contributed by atoms with Gasteiger partial charge in [-0.15, -0.1) is 0 Å². The lowest BCUT2D eigenvalue weighted by molar-refractivity contribution is -0.114. The average molecular weight is 625 g/mol. The molecule has 0 saturated carbocycles. The molecule has 4 rings (SSSR count). The third-order valence-corrected chi connectivity index (χ3v) is 9.73. The third-order valence-electron chi connectivity index (χ3n) is 9.73. The Morgan fingerprint density at radius 2 is 1.02 bits per heavy atom. The van der Waals surface area contributed by atoms with E-state index in [4.69, 9.17) is 9.31 Å². The molecule has 4 nitrogen and oxygen atoms in total. The van der Waals surface area contributed by atoms with Crippen molar-refractivity contribution >= 4 is 23.9 Å². The highest BCUT2D eigenvalue weighted by molar-refractivity contribution is 6.62. The van der Waals surface area contributed by atoms with E-state index in [0.29, 0.717) is 5.75 Å². The van der Waals surface area contributed by atoms with Crippen LogP contribution in [0.15, 0.2) is 65.3 Å². The van der Waals surface area contributed by atoms with Gasteiger partial charge in [-0.2, -0.15) is 0 Å². The second-order valence-corrected chi connectivity index (χ2v) is 18.4. The zero-order valence-corrected chi connectivity index (χ0v) is 31.4. The lowest BCUT2D eigenvalue weighted by Crippen LogP contribution is -2.41. The molecule has 0 radical (unpaired) electrons. The summed E-state index contributed by atoms with van der Waals surface area (Å²) in [6.45, 7) is 33.7. The molecule has 5 heteroatoms. The largest absolute Gasteiger partial charge is 0.507 e. The van der Waals surface area contributed by atoms with Gasteiger partial charge in [0, 0.05) is 22.3 Å². The van der Waals surface area contributed by atoms with Crippen LogP contribution in [0, 0.1) is 10.8 Å². The Morgan fingerprint density at radius 3 is 1.37 bits per heavy atom. The maximum atomic E-state index is 14.0. The first-order chi connectivity index (χ1) is 20.6. The number of aromatic hydroxyl groups is 1. The Kier molecular flexibility index (Phi) is 8.89. The Bertz CT molecular complexity index is 1530. The van der Waals surface area contributed by atoms with Gasteiger partial charge in [0.15, 0.2) is 5.78 Å². The van der Waals surface area contributed by atoms with E-state index < -0.39 is 18.3 Å². The molecular formula is C41H57BO4. The normalized spacial score (nSPS) is 18.9. The van der Waals surface area contributed by atoms with Crippen LogP contribution in [0.3, 0.4) is 0 Å². The van der Waals surface area contributed by atoms with Crippen molar-refractivity contribution in [2.24, 2.45) is 10.8 Å². The first kappa shape index (κ1) is 36.0. The van der Waals surface area contributed by atoms with Crippen LogP contribution >= 0.6 is 0 Å². The maximum absolute atomic E-state index is 14.0. The number of carbonyl (C=O) groups is 1. The van der Waals surface area contributed by atoms with Crippen LogP contribution in [0.4, 0.5) is 0 Å². The van der Waals surface area contributed by atoms with E-state index in [1.807, 2.05) is 0 Å². The molecular weight excluding hydrogens is 567 g/mol. The average Bonchev–Trinajstić information content (AvgIpc) is 3.09. The fourth-order valence-corrected chi connectivity index (χ4v) is 6.10. The minimum Gasteiger partial charge on any atom is -0.507 e. The molecule has 1 saturated heterocycles. The summed E-state index contributed by atoms with van der Waals surface area (Å²) in [4.78, 5) is 14.0. The number of hydrogen-bond acceptors (Lipinski definition) is 4. The monoisotopic (exact) mass is 624 g/mol. The molecule has 1 heterocycles. The molecule has 248 valence electrons. The summed E-state index contributed by atoms with van der Waals surface area (Å²) >= 11 is 0. The van der Waals surface area contributed by atoms with Crippen molar-refractivity contribution in [3.63, 3.8) is 0 Å². The number of carbonyl (C=O) groups excluding carboxylic acids is 1. The second kappa shape index (κ2) is 11.4. The van der Waals surface area contributed by atoms with E-state index in [-0.39, 0.29) is 27.4 Å². The number of hydrogen-bond donors (Lipinski definition) is 1. The van der Waals surface area contributed by atoms with E-state index in [1.165, 1.54) is 0 Å². The van der Waals surface area contributed by atoms with Gasteiger partial charge in [0.1, 0.15) is 5.75 Å². The lowest BCUT2D eigenvalue weighted by Gasteiger charge is -2.32. The molecule has 0 atom stereocenters. The predicted octanol–water partition coefficient (Wildman–Crippen LogP) is 9.62. The summed E-state index contributed by atoms with van der Waals surface area (Å²) in [6, 6.07) is 12.7. The highest BCUT2D eigenvalue weighted by Crippen LogP contribution is 2.45. The number of phenolic OH excluding ortho intramolecular Hbond substituents is 1. The van der Waals surface area contributed by atoms with Crippen LogP contribution in [-0.4, -0.2) is 29.2 Å². The van der Waals surface area contributed by atoms with Gasteiger partial charge in [-0.1, -0.05) is 107 Å². The minimum absolute atomic E-state index is 0.107. The van der Waals surface area contributed by atoms with Crippen LogP contribution in [0.1, 0.15) is 133 Å². The smallest absolute Gasteiger partial charge is 0.494 e. The molecule has 46 heavy (non-hydrogen) atoms. The molecule has 1 aliphatic heterocycles. The molecule has 0 amide bonds. The van der Waals surface area contributed by atoms with Gasteiger partial charge in [0.25, 0.3) is 0 Å². The summed E-state index contributed by atoms with van der Waals surface area (Å²) in [5.74, 6) is 0.454. The molecule has 0 aromatic heterocycles. The minimum atomic E-state index is -0.462. The molecule has 0 spiro atoms. The topological polar surface area (TPSA) is 55.8 Å². The third kappa shape index (κ3) is 6.87. The van der Waals surface area contributed by atoms with Crippen LogP contribution in [0.5, 0.6) is 5.75 Å². The van der Waals surface area contributed by atoms with E-state index in [2.05, 4.69) is 159 Å². The summed E-state index contributed by atoms with van der Waals surface area (Å²) in [5, 5.41) is 11.6. The van der Waals surface area contributed by atoms with Crippen molar-refractivity contribution in [1.29, 1.82) is 0 Å². The van der Waals surface area contributed by atoms with Gasteiger partial charge in [-0.05, 0) is 101 Å². The van der Waals surface area contributed by atoms with Gasteiger partial charge in [0.05, 0.1) is 11.2 Å². The highest BCUT2D eigenvalue weighted by atomic mass is 16.7. The van der Waals surface area contributed by atoms with Crippen molar-refractivity contribution in [2.75, 3.05) is 0 Å². The van der Waals surface area contributed by atoms with Crippen molar-refractivity contribution in [3.8, 4) is 5.75 Å².